The molecule has 2 aromatic rings. The van der Waals surface area contributed by atoms with Crippen molar-refractivity contribution in [1.82, 2.24) is 20.2 Å². The SMILES string of the molecule is Cc1cc(NC(=O)Cn2cc(CCCO)nn2)no1. The average molecular weight is 265 g/mol. The Hall–Kier alpha value is -2.22. The van der Waals surface area contributed by atoms with Crippen LogP contribution in [0.3, 0.4) is 0 Å². The van der Waals surface area contributed by atoms with Gasteiger partial charge in [-0.3, -0.25) is 4.79 Å². The van der Waals surface area contributed by atoms with Crippen LogP contribution in [0, 0.1) is 6.92 Å². The molecule has 2 aromatic heterocycles. The van der Waals surface area contributed by atoms with Gasteiger partial charge in [0, 0.05) is 18.9 Å². The fourth-order valence-electron chi connectivity index (χ4n) is 1.55. The number of amides is 1. The number of nitrogens with one attached hydrogen (secondary N) is 1. The van der Waals surface area contributed by atoms with Crippen molar-refractivity contribution >= 4 is 11.7 Å². The Morgan fingerprint density at radius 2 is 2.42 bits per heavy atom. The Morgan fingerprint density at radius 3 is 3.11 bits per heavy atom. The number of rotatable bonds is 6. The first-order valence-electron chi connectivity index (χ1n) is 5.90. The molecule has 2 rings (SSSR count). The van der Waals surface area contributed by atoms with Crippen molar-refractivity contribution in [3.05, 3.63) is 23.7 Å². The van der Waals surface area contributed by atoms with E-state index >= 15 is 0 Å². The molecule has 8 heteroatoms. The quantitative estimate of drug-likeness (QED) is 0.769. The summed E-state index contributed by atoms with van der Waals surface area (Å²) in [4.78, 5) is 11.7. The number of carbonyl (C=O) groups excluding carboxylic acids is 1. The van der Waals surface area contributed by atoms with Gasteiger partial charge < -0.3 is 14.9 Å². The van der Waals surface area contributed by atoms with E-state index in [1.54, 1.807) is 19.2 Å². The van der Waals surface area contributed by atoms with Gasteiger partial charge >= 0.3 is 0 Å². The molecule has 0 aliphatic heterocycles. The van der Waals surface area contributed by atoms with Gasteiger partial charge in [0.25, 0.3) is 0 Å². The standard InChI is InChI=1S/C11H15N5O3/c1-8-5-10(14-19-8)12-11(18)7-16-6-9(13-15-16)3-2-4-17/h5-6,17H,2-4,7H2,1H3,(H,12,14,18). The highest BCUT2D eigenvalue weighted by Gasteiger charge is 2.08. The van der Waals surface area contributed by atoms with Crippen molar-refractivity contribution < 1.29 is 14.4 Å². The second-order valence-corrected chi connectivity index (χ2v) is 4.11. The second kappa shape index (κ2) is 6.10. The second-order valence-electron chi connectivity index (χ2n) is 4.11. The van der Waals surface area contributed by atoms with Gasteiger partial charge in [-0.15, -0.1) is 5.10 Å². The Kier molecular flexibility index (Phi) is 4.24. The van der Waals surface area contributed by atoms with Gasteiger partial charge in [0.05, 0.1) is 5.69 Å². The molecule has 2 heterocycles. The summed E-state index contributed by atoms with van der Waals surface area (Å²) >= 11 is 0. The summed E-state index contributed by atoms with van der Waals surface area (Å²) in [5, 5.41) is 22.7. The van der Waals surface area contributed by atoms with Crippen LogP contribution in [-0.4, -0.2) is 37.8 Å². The number of hydrogen-bond acceptors (Lipinski definition) is 6. The molecule has 2 N–H and O–H groups in total. The van der Waals surface area contributed by atoms with Crippen LogP contribution in [0.15, 0.2) is 16.8 Å². The number of aliphatic hydroxyl groups is 1. The first-order chi connectivity index (χ1) is 9.17. The van der Waals surface area contributed by atoms with Gasteiger partial charge in [-0.1, -0.05) is 10.4 Å². The van der Waals surface area contributed by atoms with Crippen LogP contribution in [0.1, 0.15) is 17.9 Å². The third kappa shape index (κ3) is 3.88. The molecule has 0 spiro atoms. The van der Waals surface area contributed by atoms with E-state index in [4.69, 9.17) is 9.63 Å². The van der Waals surface area contributed by atoms with Crippen LogP contribution in [0.25, 0.3) is 0 Å². The number of nitrogens with zero attached hydrogens (tertiary/aromatic N) is 4. The normalized spacial score (nSPS) is 10.6. The monoisotopic (exact) mass is 265 g/mol. The molecule has 1 amide bonds. The summed E-state index contributed by atoms with van der Waals surface area (Å²) < 4.78 is 6.28. The lowest BCUT2D eigenvalue weighted by Crippen LogP contribution is -2.19. The first-order valence-corrected chi connectivity index (χ1v) is 5.90. The molecule has 19 heavy (non-hydrogen) atoms. The molecule has 8 nitrogen and oxygen atoms in total. The summed E-state index contributed by atoms with van der Waals surface area (Å²) in [6.07, 6.45) is 2.95. The predicted octanol–water partition coefficient (Wildman–Crippen LogP) is 0.138. The molecule has 0 saturated heterocycles. The number of aliphatic hydroxyl groups excluding tert-OH is 1. The van der Waals surface area contributed by atoms with Gasteiger partial charge in [-0.25, -0.2) is 4.68 Å². The van der Waals surface area contributed by atoms with Gasteiger partial charge in [-0.05, 0) is 19.8 Å². The minimum Gasteiger partial charge on any atom is -0.396 e. The van der Waals surface area contributed by atoms with Crippen molar-refractivity contribution in [3.63, 3.8) is 0 Å². The van der Waals surface area contributed by atoms with E-state index in [9.17, 15) is 4.79 Å². The number of carbonyl (C=O) groups is 1. The van der Waals surface area contributed by atoms with Gasteiger partial charge in [-0.2, -0.15) is 0 Å². The van der Waals surface area contributed by atoms with Crippen LogP contribution in [0.2, 0.25) is 0 Å². The van der Waals surface area contributed by atoms with Crippen molar-refractivity contribution in [1.29, 1.82) is 0 Å². The molecule has 0 unspecified atom stereocenters. The average Bonchev–Trinajstić information content (AvgIpc) is 2.96. The van der Waals surface area contributed by atoms with Crippen molar-refractivity contribution in [2.75, 3.05) is 11.9 Å². The van der Waals surface area contributed by atoms with Gasteiger partial charge in [0.2, 0.25) is 5.91 Å². The number of aryl methyl sites for hydroxylation is 2. The fraction of sp³-hybridized carbons (Fsp3) is 0.455. The largest absolute Gasteiger partial charge is 0.396 e. The van der Waals surface area contributed by atoms with Crippen molar-refractivity contribution in [2.45, 2.75) is 26.3 Å². The highest BCUT2D eigenvalue weighted by molar-refractivity contribution is 5.89. The summed E-state index contributed by atoms with van der Waals surface area (Å²) in [7, 11) is 0. The Labute approximate surface area is 109 Å². The molecule has 0 bridgehead atoms. The van der Waals surface area contributed by atoms with Crippen molar-refractivity contribution in [3.8, 4) is 0 Å². The Morgan fingerprint density at radius 1 is 1.58 bits per heavy atom. The third-order valence-electron chi connectivity index (χ3n) is 2.38. The topological polar surface area (TPSA) is 106 Å². The Bertz CT molecular complexity index is 548. The third-order valence-corrected chi connectivity index (χ3v) is 2.38. The maximum Gasteiger partial charge on any atom is 0.247 e. The number of anilines is 1. The van der Waals surface area contributed by atoms with Crippen LogP contribution < -0.4 is 5.32 Å². The van der Waals surface area contributed by atoms with E-state index in [0.29, 0.717) is 24.4 Å². The van der Waals surface area contributed by atoms with Crippen molar-refractivity contribution in [2.24, 2.45) is 0 Å². The number of aromatic nitrogens is 4. The van der Waals surface area contributed by atoms with Crippen LogP contribution in [0.5, 0.6) is 0 Å². The summed E-state index contributed by atoms with van der Waals surface area (Å²) in [6, 6.07) is 1.63. The van der Waals surface area contributed by atoms with Gasteiger partial charge in [0.15, 0.2) is 5.82 Å². The molecular formula is C11H15N5O3. The van der Waals surface area contributed by atoms with Crippen LogP contribution >= 0.6 is 0 Å². The van der Waals surface area contributed by atoms with E-state index in [0.717, 1.165) is 5.69 Å². The summed E-state index contributed by atoms with van der Waals surface area (Å²) in [5.41, 5.74) is 0.749. The molecule has 0 atom stereocenters. The minimum absolute atomic E-state index is 0.0536. The van der Waals surface area contributed by atoms with E-state index in [1.807, 2.05) is 0 Å². The molecule has 0 fully saturated rings. The maximum absolute atomic E-state index is 11.7. The van der Waals surface area contributed by atoms with E-state index in [2.05, 4.69) is 20.8 Å². The highest BCUT2D eigenvalue weighted by atomic mass is 16.5. The molecule has 0 aromatic carbocycles. The lowest BCUT2D eigenvalue weighted by atomic mass is 10.3. The molecule has 0 saturated carbocycles. The fourth-order valence-corrected chi connectivity index (χ4v) is 1.55. The lowest BCUT2D eigenvalue weighted by Gasteiger charge is -2.00. The molecule has 0 aliphatic carbocycles. The minimum atomic E-state index is -0.257. The highest BCUT2D eigenvalue weighted by Crippen LogP contribution is 2.07. The summed E-state index contributed by atoms with van der Waals surface area (Å²) in [6.45, 7) is 1.91. The zero-order chi connectivity index (χ0) is 13.7. The lowest BCUT2D eigenvalue weighted by molar-refractivity contribution is -0.117. The summed E-state index contributed by atoms with van der Waals surface area (Å²) in [5.74, 6) is 0.748. The predicted molar refractivity (Wildman–Crippen MR) is 65.3 cm³/mol. The van der Waals surface area contributed by atoms with Crippen LogP contribution in [-0.2, 0) is 17.8 Å². The zero-order valence-electron chi connectivity index (χ0n) is 10.5. The van der Waals surface area contributed by atoms with Crippen LogP contribution in [0.4, 0.5) is 5.82 Å². The van der Waals surface area contributed by atoms with Gasteiger partial charge in [0.1, 0.15) is 12.3 Å². The molecule has 0 radical (unpaired) electrons. The number of hydrogen-bond donors (Lipinski definition) is 2. The smallest absolute Gasteiger partial charge is 0.247 e. The van der Waals surface area contributed by atoms with E-state index in [1.165, 1.54) is 4.68 Å². The Balaban J connectivity index is 1.86. The molecule has 0 aliphatic rings. The first kappa shape index (κ1) is 13.2. The van der Waals surface area contributed by atoms with E-state index in [-0.39, 0.29) is 19.1 Å². The molecular weight excluding hydrogens is 250 g/mol. The molecule has 102 valence electrons. The maximum atomic E-state index is 11.7. The van der Waals surface area contributed by atoms with E-state index < -0.39 is 0 Å². The zero-order valence-corrected chi connectivity index (χ0v) is 10.5.